The largest absolute Gasteiger partial charge is 0.349 e. The number of piperazine rings is 1. The number of nitrogens with two attached hydrogens (primary N) is 1. The molecule has 3 fully saturated rings. The molecule has 27 heavy (non-hydrogen) atoms. The zero-order valence-electron chi connectivity index (χ0n) is 16.6. The zero-order valence-corrected chi connectivity index (χ0v) is 16.6. The maximum absolute atomic E-state index is 13.0. The number of hydrogen-bond acceptors (Lipinski definition) is 4. The molecule has 3 N–H and O–H groups in total. The summed E-state index contributed by atoms with van der Waals surface area (Å²) in [6, 6.07) is 8.83. The third-order valence-corrected chi connectivity index (χ3v) is 6.87. The maximum atomic E-state index is 13.0. The maximum Gasteiger partial charge on any atom is 0.251 e. The Morgan fingerprint density at radius 3 is 2.56 bits per heavy atom. The van der Waals surface area contributed by atoms with Gasteiger partial charge in [0, 0.05) is 50.4 Å². The molecule has 2 aliphatic carbocycles. The number of carbonyl (C=O) groups excluding carboxylic acids is 1. The van der Waals surface area contributed by atoms with Crippen LogP contribution in [0.15, 0.2) is 24.3 Å². The van der Waals surface area contributed by atoms with Crippen LogP contribution in [0.4, 0.5) is 0 Å². The second-order valence-electron chi connectivity index (χ2n) is 8.96. The van der Waals surface area contributed by atoms with Gasteiger partial charge in [0.05, 0.1) is 0 Å². The Labute approximate surface area is 163 Å². The topological polar surface area (TPSA) is 61.6 Å². The molecule has 1 aromatic rings. The number of amides is 1. The predicted octanol–water partition coefficient (Wildman–Crippen LogP) is 2.07. The van der Waals surface area contributed by atoms with Gasteiger partial charge in [0.25, 0.3) is 5.91 Å². The van der Waals surface area contributed by atoms with Crippen LogP contribution in [-0.4, -0.2) is 61.0 Å². The van der Waals surface area contributed by atoms with Gasteiger partial charge in [-0.15, -0.1) is 0 Å². The first-order valence-corrected chi connectivity index (χ1v) is 10.6. The molecule has 2 unspecified atom stereocenters. The number of hydrogen-bond donors (Lipinski definition) is 2. The molecule has 5 heteroatoms. The third-order valence-electron chi connectivity index (χ3n) is 6.87. The number of nitrogens with one attached hydrogen (secondary N) is 1. The highest BCUT2D eigenvalue weighted by atomic mass is 16.1. The molecular formula is C22H34N4O. The summed E-state index contributed by atoms with van der Waals surface area (Å²) in [7, 11) is 2.18. The van der Waals surface area contributed by atoms with Crippen molar-refractivity contribution < 1.29 is 4.79 Å². The molecule has 2 bridgehead atoms. The molecule has 5 nitrogen and oxygen atoms in total. The Morgan fingerprint density at radius 1 is 1.15 bits per heavy atom. The van der Waals surface area contributed by atoms with Gasteiger partial charge in [0.15, 0.2) is 0 Å². The first-order chi connectivity index (χ1) is 13.1. The van der Waals surface area contributed by atoms with Crippen LogP contribution in [0.5, 0.6) is 0 Å². The highest BCUT2D eigenvalue weighted by molar-refractivity contribution is 5.94. The van der Waals surface area contributed by atoms with E-state index in [-0.39, 0.29) is 5.91 Å². The van der Waals surface area contributed by atoms with Gasteiger partial charge in [0.1, 0.15) is 0 Å². The second kappa shape index (κ2) is 8.29. The number of nitrogens with zero attached hydrogens (tertiary/aromatic N) is 2. The summed E-state index contributed by atoms with van der Waals surface area (Å²) in [5.41, 5.74) is 8.26. The number of likely N-dealkylation sites (N-methyl/N-ethyl adjacent to an activating group) is 1. The fourth-order valence-corrected chi connectivity index (χ4v) is 5.33. The summed E-state index contributed by atoms with van der Waals surface area (Å²) >= 11 is 0. The minimum Gasteiger partial charge on any atom is -0.349 e. The van der Waals surface area contributed by atoms with Crippen molar-refractivity contribution in [1.82, 2.24) is 15.1 Å². The van der Waals surface area contributed by atoms with Crippen LogP contribution in [0.2, 0.25) is 0 Å². The molecule has 1 aliphatic heterocycles. The van der Waals surface area contributed by atoms with Crippen LogP contribution < -0.4 is 11.1 Å². The van der Waals surface area contributed by atoms with Crippen LogP contribution in [-0.2, 0) is 6.54 Å². The molecular weight excluding hydrogens is 336 g/mol. The van der Waals surface area contributed by atoms with E-state index in [4.69, 9.17) is 5.73 Å². The zero-order chi connectivity index (χ0) is 18.8. The van der Waals surface area contributed by atoms with Crippen LogP contribution in [0.1, 0.15) is 48.0 Å². The molecule has 1 heterocycles. The summed E-state index contributed by atoms with van der Waals surface area (Å²) in [5.74, 6) is 1.21. The number of benzene rings is 1. The lowest BCUT2D eigenvalue weighted by Gasteiger charge is -2.45. The fourth-order valence-electron chi connectivity index (χ4n) is 5.33. The summed E-state index contributed by atoms with van der Waals surface area (Å²) in [6.07, 6.45) is 5.82. The van der Waals surface area contributed by atoms with Crippen LogP contribution in [0.3, 0.4) is 0 Å². The van der Waals surface area contributed by atoms with Gasteiger partial charge in [-0.25, -0.2) is 0 Å². The first kappa shape index (κ1) is 18.9. The van der Waals surface area contributed by atoms with Gasteiger partial charge in [-0.1, -0.05) is 18.6 Å². The Hall–Kier alpha value is -1.43. The van der Waals surface area contributed by atoms with E-state index < -0.39 is 0 Å². The van der Waals surface area contributed by atoms with Crippen molar-refractivity contribution in [3.05, 3.63) is 35.4 Å². The number of rotatable bonds is 4. The van der Waals surface area contributed by atoms with E-state index in [0.29, 0.717) is 23.9 Å². The van der Waals surface area contributed by atoms with Crippen LogP contribution in [0.25, 0.3) is 0 Å². The van der Waals surface area contributed by atoms with E-state index in [0.717, 1.165) is 51.1 Å². The SMILES string of the molecule is CN1CCN(Cc2cccc(C(=O)NC3C4CCCC3CC(N)C4)c2)CC1. The lowest BCUT2D eigenvalue weighted by atomic mass is 9.67. The summed E-state index contributed by atoms with van der Waals surface area (Å²) in [4.78, 5) is 17.8. The van der Waals surface area contributed by atoms with Crippen molar-refractivity contribution in [3.8, 4) is 0 Å². The Bertz CT molecular complexity index is 641. The van der Waals surface area contributed by atoms with Gasteiger partial charge in [-0.05, 0) is 62.3 Å². The van der Waals surface area contributed by atoms with E-state index in [1.807, 2.05) is 12.1 Å². The van der Waals surface area contributed by atoms with Crippen molar-refractivity contribution in [3.63, 3.8) is 0 Å². The Morgan fingerprint density at radius 2 is 1.85 bits per heavy atom. The van der Waals surface area contributed by atoms with Crippen LogP contribution >= 0.6 is 0 Å². The highest BCUT2D eigenvalue weighted by Gasteiger charge is 2.39. The molecule has 2 saturated carbocycles. The van der Waals surface area contributed by atoms with Crippen molar-refractivity contribution in [1.29, 1.82) is 0 Å². The molecule has 2 atom stereocenters. The monoisotopic (exact) mass is 370 g/mol. The summed E-state index contributed by atoms with van der Waals surface area (Å²) in [5, 5.41) is 3.38. The van der Waals surface area contributed by atoms with Crippen LogP contribution in [0, 0.1) is 11.8 Å². The average molecular weight is 371 g/mol. The molecule has 1 amide bonds. The van der Waals surface area contributed by atoms with Crippen molar-refractivity contribution in [2.75, 3.05) is 33.2 Å². The number of fused-ring (bicyclic) bond motifs is 2. The van der Waals surface area contributed by atoms with Crippen molar-refractivity contribution in [2.24, 2.45) is 17.6 Å². The lowest BCUT2D eigenvalue weighted by molar-refractivity contribution is 0.0756. The van der Waals surface area contributed by atoms with Gasteiger partial charge in [-0.2, -0.15) is 0 Å². The quantitative estimate of drug-likeness (QED) is 0.852. The van der Waals surface area contributed by atoms with E-state index in [2.05, 4.69) is 34.3 Å². The summed E-state index contributed by atoms with van der Waals surface area (Å²) < 4.78 is 0. The Balaban J connectivity index is 1.39. The normalized spacial score (nSPS) is 32.2. The molecule has 1 saturated heterocycles. The average Bonchev–Trinajstić information content (AvgIpc) is 2.64. The molecule has 0 aromatic heterocycles. The Kier molecular flexibility index (Phi) is 5.81. The molecule has 148 valence electrons. The first-order valence-electron chi connectivity index (χ1n) is 10.6. The van der Waals surface area contributed by atoms with E-state index in [9.17, 15) is 4.79 Å². The minimum absolute atomic E-state index is 0.0904. The molecule has 4 rings (SSSR count). The standard InChI is InChI=1S/C22H34N4O/c1-25-8-10-26(11-9-25)15-16-4-2-7-19(12-16)22(27)24-21-17-5-3-6-18(21)14-20(23)13-17/h2,4,7,12,17-18,20-21H,3,5-6,8-11,13-15,23H2,1H3,(H,24,27). The molecule has 0 radical (unpaired) electrons. The number of carbonyl (C=O) groups is 1. The third kappa shape index (κ3) is 4.53. The minimum atomic E-state index is 0.0904. The fraction of sp³-hybridized carbons (Fsp3) is 0.682. The van der Waals surface area contributed by atoms with Gasteiger partial charge in [0.2, 0.25) is 0 Å². The molecule has 0 spiro atoms. The van der Waals surface area contributed by atoms with Crippen molar-refractivity contribution >= 4 is 5.91 Å². The lowest BCUT2D eigenvalue weighted by Crippen LogP contribution is -2.53. The van der Waals surface area contributed by atoms with E-state index >= 15 is 0 Å². The highest BCUT2D eigenvalue weighted by Crippen LogP contribution is 2.39. The van der Waals surface area contributed by atoms with Crippen molar-refractivity contribution in [2.45, 2.75) is 50.7 Å². The van der Waals surface area contributed by atoms with E-state index in [1.54, 1.807) is 0 Å². The predicted molar refractivity (Wildman–Crippen MR) is 109 cm³/mol. The van der Waals surface area contributed by atoms with Gasteiger partial charge >= 0.3 is 0 Å². The molecule has 1 aromatic carbocycles. The molecule has 3 aliphatic rings. The smallest absolute Gasteiger partial charge is 0.251 e. The van der Waals surface area contributed by atoms with Gasteiger partial charge in [-0.3, -0.25) is 9.69 Å². The van der Waals surface area contributed by atoms with E-state index in [1.165, 1.54) is 24.8 Å². The summed E-state index contributed by atoms with van der Waals surface area (Å²) in [6.45, 7) is 5.36. The second-order valence-corrected chi connectivity index (χ2v) is 8.96. The van der Waals surface area contributed by atoms with Gasteiger partial charge < -0.3 is 16.0 Å².